The number of hydrogen-bond donors (Lipinski definition) is 4. The Morgan fingerprint density at radius 1 is 0.980 bits per heavy atom. The molecule has 0 aliphatic carbocycles. The van der Waals surface area contributed by atoms with Gasteiger partial charge >= 0.3 is 0 Å². The third-order valence-electron chi connectivity index (χ3n) is 9.37. The molecule has 0 spiro atoms. The fourth-order valence-electron chi connectivity index (χ4n) is 6.80. The molecule has 4 aromatic rings. The molecule has 0 atom stereocenters. The number of piperidine rings is 1. The Morgan fingerprint density at radius 2 is 1.74 bits per heavy atom. The van der Waals surface area contributed by atoms with E-state index in [9.17, 15) is 4.57 Å². The van der Waals surface area contributed by atoms with Gasteiger partial charge in [0.05, 0.1) is 40.1 Å². The van der Waals surface area contributed by atoms with Gasteiger partial charge in [-0.15, -0.1) is 5.10 Å². The van der Waals surface area contributed by atoms with Crippen LogP contribution < -0.4 is 36.2 Å². The minimum Gasteiger partial charge on any atom is -0.479 e. The third-order valence-corrected chi connectivity index (χ3v) is 11.5. The van der Waals surface area contributed by atoms with Crippen molar-refractivity contribution in [2.24, 2.45) is 7.05 Å². The first-order valence-electron chi connectivity index (χ1n) is 16.7. The number of nitrogens with zero attached hydrogens (tertiary/aromatic N) is 9. The highest BCUT2D eigenvalue weighted by Gasteiger charge is 2.30. The standard InChI is InChI=1S/C33H43BrN13O2P/c1-44-14-16-46(17-15-44)21-8-12-47(13-9-21)31-22(27-20-45(2)43-42-27)18-26(32(41-31)49-3)39-33-37-19-23(34)30(40-33)38-25-7-6-24-28(36-11-10-35-24)29(25)50(4,5)48/h6-7,10-11,18-21,35-36H,8-9,12-17H2,1-5H3,(H2,37,38,39,40). The maximum atomic E-state index is 13.5. The largest absolute Gasteiger partial charge is 0.479 e. The van der Waals surface area contributed by atoms with Crippen LogP contribution in [-0.2, 0) is 11.6 Å². The van der Waals surface area contributed by atoms with Crippen molar-refractivity contribution in [1.29, 1.82) is 0 Å². The molecule has 3 aromatic heterocycles. The lowest BCUT2D eigenvalue weighted by Gasteiger charge is -2.42. The highest BCUT2D eigenvalue weighted by atomic mass is 79.9. The van der Waals surface area contributed by atoms with Crippen LogP contribution in [0.5, 0.6) is 5.88 Å². The summed E-state index contributed by atoms with van der Waals surface area (Å²) in [4.78, 5) is 21.8. The Labute approximate surface area is 300 Å². The van der Waals surface area contributed by atoms with Gasteiger partial charge in [0.25, 0.3) is 0 Å². The van der Waals surface area contributed by atoms with Crippen molar-refractivity contribution in [2.75, 3.05) is 92.9 Å². The van der Waals surface area contributed by atoms with E-state index in [0.717, 1.165) is 74.9 Å². The van der Waals surface area contributed by atoms with Crippen LogP contribution in [0.15, 0.2) is 47.5 Å². The molecule has 0 saturated carbocycles. The maximum absolute atomic E-state index is 13.5. The summed E-state index contributed by atoms with van der Waals surface area (Å²) in [5.74, 6) is 2.04. The van der Waals surface area contributed by atoms with E-state index in [1.807, 2.05) is 31.4 Å². The number of nitrogens with one attached hydrogen (secondary N) is 4. The van der Waals surface area contributed by atoms with E-state index in [2.05, 4.69) is 74.2 Å². The summed E-state index contributed by atoms with van der Waals surface area (Å²) in [6.45, 7) is 9.74. The molecular weight excluding hydrogens is 721 g/mol. The molecule has 2 fully saturated rings. The maximum Gasteiger partial charge on any atom is 0.239 e. The molecule has 0 bridgehead atoms. The second-order valence-electron chi connectivity index (χ2n) is 13.2. The van der Waals surface area contributed by atoms with Gasteiger partial charge in [0.15, 0.2) is 0 Å². The minimum absolute atomic E-state index is 0.319. The number of aromatic nitrogens is 6. The number of rotatable bonds is 9. The Balaban J connectivity index is 1.17. The average molecular weight is 765 g/mol. The number of benzene rings is 1. The lowest BCUT2D eigenvalue weighted by molar-refractivity contribution is 0.0981. The molecule has 1 aromatic carbocycles. The van der Waals surface area contributed by atoms with Crippen molar-refractivity contribution in [2.45, 2.75) is 18.9 Å². The lowest BCUT2D eigenvalue weighted by Crippen LogP contribution is -2.52. The second kappa shape index (κ2) is 14.2. The van der Waals surface area contributed by atoms with Gasteiger partial charge in [-0.2, -0.15) is 9.97 Å². The Bertz CT molecular complexity index is 1950. The highest BCUT2D eigenvalue weighted by molar-refractivity contribution is 9.10. The van der Waals surface area contributed by atoms with Crippen molar-refractivity contribution >= 4 is 68.7 Å². The molecule has 4 N–H and O–H groups in total. The zero-order valence-electron chi connectivity index (χ0n) is 28.9. The molecule has 0 amide bonds. The third kappa shape index (κ3) is 7.15. The summed E-state index contributed by atoms with van der Waals surface area (Å²) < 4.78 is 21.7. The Kier molecular flexibility index (Phi) is 9.70. The van der Waals surface area contributed by atoms with Crippen molar-refractivity contribution in [3.05, 3.63) is 47.5 Å². The summed E-state index contributed by atoms with van der Waals surface area (Å²) in [5.41, 5.74) is 4.43. The van der Waals surface area contributed by atoms with Crippen molar-refractivity contribution in [3.8, 4) is 17.1 Å². The molecule has 0 radical (unpaired) electrons. The molecule has 50 heavy (non-hydrogen) atoms. The first kappa shape index (κ1) is 34.2. The first-order valence-corrected chi connectivity index (χ1v) is 20.1. The highest BCUT2D eigenvalue weighted by Crippen LogP contribution is 2.45. The summed E-state index contributed by atoms with van der Waals surface area (Å²) >= 11 is 3.59. The van der Waals surface area contributed by atoms with Crippen LogP contribution in [0.25, 0.3) is 11.3 Å². The van der Waals surface area contributed by atoms with E-state index < -0.39 is 7.14 Å². The number of hydrogen-bond acceptors (Lipinski definition) is 14. The van der Waals surface area contributed by atoms with Gasteiger partial charge in [0, 0.05) is 76.5 Å². The number of halogens is 1. The van der Waals surface area contributed by atoms with Gasteiger partial charge in [-0.25, -0.2) is 4.98 Å². The molecule has 264 valence electrons. The summed E-state index contributed by atoms with van der Waals surface area (Å²) in [6, 6.07) is 6.39. The van der Waals surface area contributed by atoms with Gasteiger partial charge < -0.3 is 40.4 Å². The second-order valence-corrected chi connectivity index (χ2v) is 17.3. The fourth-order valence-corrected chi connectivity index (χ4v) is 8.52. The normalized spacial score (nSPS) is 17.2. The molecule has 7 rings (SSSR count). The van der Waals surface area contributed by atoms with E-state index in [1.165, 1.54) is 0 Å². The number of methoxy groups -OCH3 is 1. The number of anilines is 7. The quantitative estimate of drug-likeness (QED) is 0.174. The van der Waals surface area contributed by atoms with E-state index in [4.69, 9.17) is 14.7 Å². The SMILES string of the molecule is COc1nc(N2CCC(N3CCN(C)CC3)CC2)c(-c2cn(C)nn2)cc1Nc1ncc(Br)c(Nc2ccc3c(c2P(C)(C)=O)NC=CN3)n1. The van der Waals surface area contributed by atoms with E-state index in [-0.39, 0.29) is 0 Å². The Hall–Kier alpha value is -4.24. The number of likely N-dealkylation sites (N-methyl/N-ethyl adjacent to an activating group) is 1. The number of aryl methyl sites for hydroxylation is 1. The monoisotopic (exact) mass is 763 g/mol. The topological polar surface area (TPSA) is 154 Å². The molecule has 17 heteroatoms. The van der Waals surface area contributed by atoms with Crippen molar-refractivity contribution in [3.63, 3.8) is 0 Å². The molecule has 3 aliphatic heterocycles. The van der Waals surface area contributed by atoms with Crippen LogP contribution >= 0.6 is 23.1 Å². The van der Waals surface area contributed by atoms with Gasteiger partial charge in [-0.1, -0.05) is 5.21 Å². The average Bonchev–Trinajstić information content (AvgIpc) is 3.55. The number of ether oxygens (including phenoxy) is 1. The van der Waals surface area contributed by atoms with Crippen LogP contribution in [0.3, 0.4) is 0 Å². The van der Waals surface area contributed by atoms with Crippen LogP contribution in [0, 0.1) is 0 Å². The van der Waals surface area contributed by atoms with Crippen LogP contribution in [-0.4, -0.2) is 113 Å². The van der Waals surface area contributed by atoms with Crippen molar-refractivity contribution in [1.82, 2.24) is 39.7 Å². The summed E-state index contributed by atoms with van der Waals surface area (Å²) in [6.07, 6.45) is 9.28. The van der Waals surface area contributed by atoms with Crippen LogP contribution in [0.1, 0.15) is 12.8 Å². The van der Waals surface area contributed by atoms with Crippen LogP contribution in [0.4, 0.5) is 40.3 Å². The number of fused-ring (bicyclic) bond motifs is 1. The van der Waals surface area contributed by atoms with Gasteiger partial charge in [0.2, 0.25) is 11.8 Å². The fraction of sp³-hybridized carbons (Fsp3) is 0.424. The molecule has 2 saturated heterocycles. The zero-order valence-corrected chi connectivity index (χ0v) is 31.4. The number of piperazine rings is 1. The molecule has 0 unspecified atom stereocenters. The number of pyridine rings is 1. The predicted molar refractivity (Wildman–Crippen MR) is 203 cm³/mol. The Morgan fingerprint density at radius 3 is 2.44 bits per heavy atom. The molecular formula is C33H43BrN13O2P. The van der Waals surface area contributed by atoms with Crippen molar-refractivity contribution < 1.29 is 9.30 Å². The zero-order chi connectivity index (χ0) is 35.0. The lowest BCUT2D eigenvalue weighted by atomic mass is 10.0. The smallest absolute Gasteiger partial charge is 0.239 e. The minimum atomic E-state index is -2.73. The van der Waals surface area contributed by atoms with E-state index in [1.54, 1.807) is 43.7 Å². The molecule has 6 heterocycles. The first-order chi connectivity index (χ1) is 24.1. The van der Waals surface area contributed by atoms with Crippen LogP contribution in [0.2, 0.25) is 0 Å². The summed E-state index contributed by atoms with van der Waals surface area (Å²) in [7, 11) is 2.93. The molecule has 3 aliphatic rings. The van der Waals surface area contributed by atoms with Gasteiger partial charge in [-0.05, 0) is 67.3 Å². The van der Waals surface area contributed by atoms with E-state index in [0.29, 0.717) is 50.5 Å². The summed E-state index contributed by atoms with van der Waals surface area (Å²) in [5, 5.41) is 22.5. The van der Waals surface area contributed by atoms with Gasteiger partial charge in [-0.3, -0.25) is 9.58 Å². The van der Waals surface area contributed by atoms with Gasteiger partial charge in [0.1, 0.15) is 30.2 Å². The molecule has 15 nitrogen and oxygen atoms in total. The van der Waals surface area contributed by atoms with E-state index >= 15 is 0 Å². The predicted octanol–water partition coefficient (Wildman–Crippen LogP) is 4.70.